The molecule has 1 heterocycles. The zero-order valence-electron chi connectivity index (χ0n) is 7.95. The smallest absolute Gasteiger partial charge is 0.320 e. The van der Waals surface area contributed by atoms with Crippen LogP contribution in [0.15, 0.2) is 0 Å². The first-order valence-electron chi connectivity index (χ1n) is 4.79. The average Bonchev–Trinajstić information content (AvgIpc) is 2.15. The monoisotopic (exact) mass is 187 g/mol. The minimum atomic E-state index is -0.742. The molecule has 1 fully saturated rings. The molecule has 1 atom stereocenters. The van der Waals surface area contributed by atoms with Crippen molar-refractivity contribution in [1.82, 2.24) is 5.32 Å². The Balaban J connectivity index is 2.46. The minimum absolute atomic E-state index is 0.228. The second-order valence-electron chi connectivity index (χ2n) is 3.32. The van der Waals surface area contributed by atoms with Crippen LogP contribution in [0.2, 0.25) is 0 Å². The molecule has 0 aromatic heterocycles. The molecule has 0 amide bonds. The summed E-state index contributed by atoms with van der Waals surface area (Å²) in [6.07, 6.45) is 1.70. The van der Waals surface area contributed by atoms with Crippen LogP contribution in [-0.4, -0.2) is 36.9 Å². The summed E-state index contributed by atoms with van der Waals surface area (Å²) in [6.45, 7) is 4.02. The van der Waals surface area contributed by atoms with E-state index in [1.165, 1.54) is 0 Å². The summed E-state index contributed by atoms with van der Waals surface area (Å²) >= 11 is 0. The van der Waals surface area contributed by atoms with Gasteiger partial charge in [0, 0.05) is 13.2 Å². The fourth-order valence-corrected chi connectivity index (χ4v) is 1.72. The highest BCUT2D eigenvalue weighted by Gasteiger charge is 2.28. The summed E-state index contributed by atoms with van der Waals surface area (Å²) in [5, 5.41) is 11.9. The van der Waals surface area contributed by atoms with Gasteiger partial charge in [-0.3, -0.25) is 4.79 Å². The maximum Gasteiger partial charge on any atom is 0.320 e. The van der Waals surface area contributed by atoms with Gasteiger partial charge < -0.3 is 15.2 Å². The summed E-state index contributed by atoms with van der Waals surface area (Å²) in [5.74, 6) is -0.514. The summed E-state index contributed by atoms with van der Waals surface area (Å²) in [5.41, 5.74) is 0. The molecule has 1 aliphatic rings. The maximum atomic E-state index is 10.9. The second kappa shape index (κ2) is 5.19. The van der Waals surface area contributed by atoms with Gasteiger partial charge in [-0.25, -0.2) is 0 Å². The number of likely N-dealkylation sites (N-methyl/N-ethyl adjacent to an activating group) is 1. The summed E-state index contributed by atoms with van der Waals surface area (Å²) < 4.78 is 5.19. The van der Waals surface area contributed by atoms with Gasteiger partial charge in [0.2, 0.25) is 0 Å². The van der Waals surface area contributed by atoms with Crippen LogP contribution in [0.25, 0.3) is 0 Å². The molecule has 0 aliphatic carbocycles. The topological polar surface area (TPSA) is 58.6 Å². The number of nitrogens with one attached hydrogen (secondary N) is 1. The fourth-order valence-electron chi connectivity index (χ4n) is 1.72. The number of carbonyl (C=O) groups is 1. The number of rotatable bonds is 4. The Kier molecular flexibility index (Phi) is 4.18. The van der Waals surface area contributed by atoms with Crippen LogP contribution >= 0.6 is 0 Å². The van der Waals surface area contributed by atoms with E-state index >= 15 is 0 Å². The molecule has 1 aliphatic heterocycles. The predicted octanol–water partition coefficient (Wildman–Crippen LogP) is 0.476. The zero-order valence-corrected chi connectivity index (χ0v) is 7.95. The van der Waals surface area contributed by atoms with Gasteiger partial charge in [-0.2, -0.15) is 0 Å². The average molecular weight is 187 g/mol. The highest BCUT2D eigenvalue weighted by molar-refractivity contribution is 5.73. The van der Waals surface area contributed by atoms with Gasteiger partial charge in [0.1, 0.15) is 6.04 Å². The molecule has 0 bridgehead atoms. The minimum Gasteiger partial charge on any atom is -0.480 e. The lowest BCUT2D eigenvalue weighted by Crippen LogP contribution is -2.44. The Morgan fingerprint density at radius 1 is 1.62 bits per heavy atom. The van der Waals surface area contributed by atoms with Gasteiger partial charge in [0.05, 0.1) is 0 Å². The molecule has 0 saturated carbocycles. The molecule has 4 heteroatoms. The van der Waals surface area contributed by atoms with Crippen LogP contribution < -0.4 is 5.32 Å². The van der Waals surface area contributed by atoms with E-state index in [1.54, 1.807) is 0 Å². The van der Waals surface area contributed by atoms with E-state index in [0.29, 0.717) is 19.8 Å². The Bertz CT molecular complexity index is 166. The van der Waals surface area contributed by atoms with Crippen molar-refractivity contribution in [3.05, 3.63) is 0 Å². The van der Waals surface area contributed by atoms with Crippen LogP contribution in [0.4, 0.5) is 0 Å². The van der Waals surface area contributed by atoms with Crippen LogP contribution in [0.1, 0.15) is 19.8 Å². The van der Waals surface area contributed by atoms with Crippen molar-refractivity contribution in [1.29, 1.82) is 0 Å². The molecular weight excluding hydrogens is 170 g/mol. The van der Waals surface area contributed by atoms with Crippen molar-refractivity contribution in [2.24, 2.45) is 5.92 Å². The van der Waals surface area contributed by atoms with Crippen LogP contribution in [0.5, 0.6) is 0 Å². The lowest BCUT2D eigenvalue weighted by atomic mass is 9.92. The number of hydrogen-bond donors (Lipinski definition) is 2. The largest absolute Gasteiger partial charge is 0.480 e. The number of hydrogen-bond acceptors (Lipinski definition) is 3. The SMILES string of the molecule is CCNC(C(=O)O)C1CCOCC1. The van der Waals surface area contributed by atoms with Gasteiger partial charge in [-0.05, 0) is 25.3 Å². The lowest BCUT2D eigenvalue weighted by molar-refractivity contribution is -0.141. The van der Waals surface area contributed by atoms with Gasteiger partial charge >= 0.3 is 5.97 Å². The van der Waals surface area contributed by atoms with Crippen molar-refractivity contribution in [3.8, 4) is 0 Å². The highest BCUT2D eigenvalue weighted by Crippen LogP contribution is 2.18. The molecule has 0 aromatic carbocycles. The Labute approximate surface area is 78.3 Å². The van der Waals surface area contributed by atoms with Gasteiger partial charge in [-0.15, -0.1) is 0 Å². The lowest BCUT2D eigenvalue weighted by Gasteiger charge is -2.27. The summed E-state index contributed by atoms with van der Waals surface area (Å²) in [4.78, 5) is 10.9. The van der Waals surface area contributed by atoms with E-state index in [4.69, 9.17) is 9.84 Å². The Hall–Kier alpha value is -0.610. The van der Waals surface area contributed by atoms with E-state index in [0.717, 1.165) is 12.8 Å². The molecule has 1 unspecified atom stereocenters. The van der Waals surface area contributed by atoms with Crippen molar-refractivity contribution in [2.75, 3.05) is 19.8 Å². The van der Waals surface area contributed by atoms with Crippen LogP contribution in [0.3, 0.4) is 0 Å². The van der Waals surface area contributed by atoms with E-state index in [2.05, 4.69) is 5.32 Å². The van der Waals surface area contributed by atoms with Crippen molar-refractivity contribution in [3.63, 3.8) is 0 Å². The summed E-state index contributed by atoms with van der Waals surface area (Å²) in [7, 11) is 0. The molecular formula is C9H17NO3. The van der Waals surface area contributed by atoms with E-state index in [-0.39, 0.29) is 5.92 Å². The van der Waals surface area contributed by atoms with Gasteiger partial charge in [0.15, 0.2) is 0 Å². The first-order chi connectivity index (χ1) is 6.25. The Morgan fingerprint density at radius 2 is 2.23 bits per heavy atom. The van der Waals surface area contributed by atoms with E-state index in [9.17, 15) is 4.79 Å². The molecule has 1 saturated heterocycles. The third-order valence-corrected chi connectivity index (χ3v) is 2.43. The first-order valence-corrected chi connectivity index (χ1v) is 4.79. The molecule has 0 radical (unpaired) electrons. The molecule has 0 aromatic rings. The van der Waals surface area contributed by atoms with Crippen LogP contribution in [-0.2, 0) is 9.53 Å². The predicted molar refractivity (Wildman–Crippen MR) is 48.6 cm³/mol. The standard InChI is InChI=1S/C9H17NO3/c1-2-10-8(9(11)12)7-3-5-13-6-4-7/h7-8,10H,2-6H2,1H3,(H,11,12). The number of carboxylic acid groups (broad SMARTS) is 1. The van der Waals surface area contributed by atoms with Gasteiger partial charge in [-0.1, -0.05) is 6.92 Å². The molecule has 1 rings (SSSR count). The quantitative estimate of drug-likeness (QED) is 0.672. The molecule has 76 valence electrons. The second-order valence-corrected chi connectivity index (χ2v) is 3.32. The third kappa shape index (κ3) is 2.97. The van der Waals surface area contributed by atoms with Crippen LogP contribution in [0, 0.1) is 5.92 Å². The van der Waals surface area contributed by atoms with Crippen molar-refractivity contribution in [2.45, 2.75) is 25.8 Å². The van der Waals surface area contributed by atoms with E-state index in [1.807, 2.05) is 6.92 Å². The third-order valence-electron chi connectivity index (χ3n) is 2.43. The van der Waals surface area contributed by atoms with E-state index < -0.39 is 12.0 Å². The zero-order chi connectivity index (χ0) is 9.68. The Morgan fingerprint density at radius 3 is 2.69 bits per heavy atom. The number of ether oxygens (including phenoxy) is 1. The highest BCUT2D eigenvalue weighted by atomic mass is 16.5. The van der Waals surface area contributed by atoms with Crippen molar-refractivity contribution >= 4 is 5.97 Å². The maximum absolute atomic E-state index is 10.9. The molecule has 2 N–H and O–H groups in total. The normalized spacial score (nSPS) is 21.3. The first kappa shape index (κ1) is 10.5. The van der Waals surface area contributed by atoms with Gasteiger partial charge in [0.25, 0.3) is 0 Å². The van der Waals surface area contributed by atoms with Crippen molar-refractivity contribution < 1.29 is 14.6 Å². The molecule has 0 spiro atoms. The number of carboxylic acids is 1. The summed E-state index contributed by atoms with van der Waals surface area (Å²) in [6, 6.07) is -0.395. The molecule has 13 heavy (non-hydrogen) atoms. The number of aliphatic carboxylic acids is 1. The fraction of sp³-hybridized carbons (Fsp3) is 0.889. The molecule has 4 nitrogen and oxygen atoms in total.